The number of hydrogen-bond donors (Lipinski definition) is 2. The van der Waals surface area contributed by atoms with Gasteiger partial charge in [0.1, 0.15) is 11.6 Å². The first-order chi connectivity index (χ1) is 12.2. The summed E-state index contributed by atoms with van der Waals surface area (Å²) in [5, 5.41) is 6.64. The van der Waals surface area contributed by atoms with Gasteiger partial charge in [0.25, 0.3) is 0 Å². The Bertz CT molecular complexity index is 891. The molecule has 0 atom stereocenters. The molecule has 3 aromatic rings. The molecular formula is C20H19FN4. The minimum Gasteiger partial charge on any atom is -0.351 e. The molecule has 1 heterocycles. The third-order valence-corrected chi connectivity index (χ3v) is 4.16. The van der Waals surface area contributed by atoms with Crippen molar-refractivity contribution in [2.45, 2.75) is 25.8 Å². The van der Waals surface area contributed by atoms with Crippen LogP contribution in [0.1, 0.15) is 18.4 Å². The van der Waals surface area contributed by atoms with E-state index in [4.69, 9.17) is 0 Å². The molecule has 5 heteroatoms. The summed E-state index contributed by atoms with van der Waals surface area (Å²) in [6.45, 7) is 1.87. The maximum atomic E-state index is 13.3. The van der Waals surface area contributed by atoms with Gasteiger partial charge >= 0.3 is 0 Å². The predicted molar refractivity (Wildman–Crippen MR) is 98.5 cm³/mol. The maximum Gasteiger partial charge on any atom is 0.225 e. The molecule has 0 spiro atoms. The van der Waals surface area contributed by atoms with Crippen LogP contribution in [0.15, 0.2) is 54.6 Å². The first-order valence-electron chi connectivity index (χ1n) is 8.41. The van der Waals surface area contributed by atoms with Gasteiger partial charge in [-0.15, -0.1) is 0 Å². The van der Waals surface area contributed by atoms with Crippen molar-refractivity contribution in [1.82, 2.24) is 9.97 Å². The fraction of sp³-hybridized carbons (Fsp3) is 0.200. The van der Waals surface area contributed by atoms with Crippen molar-refractivity contribution in [1.29, 1.82) is 0 Å². The fourth-order valence-corrected chi connectivity index (χ4v) is 2.65. The fourth-order valence-electron chi connectivity index (χ4n) is 2.65. The average Bonchev–Trinajstić information content (AvgIpc) is 3.42. The van der Waals surface area contributed by atoms with Gasteiger partial charge in [-0.2, -0.15) is 4.98 Å². The van der Waals surface area contributed by atoms with Crippen LogP contribution in [0.2, 0.25) is 0 Å². The first kappa shape index (κ1) is 15.6. The van der Waals surface area contributed by atoms with Crippen LogP contribution in [-0.4, -0.2) is 16.0 Å². The summed E-state index contributed by atoms with van der Waals surface area (Å²) in [6.07, 6.45) is 2.30. The van der Waals surface area contributed by atoms with Crippen LogP contribution in [0.5, 0.6) is 0 Å². The van der Waals surface area contributed by atoms with Gasteiger partial charge in [-0.05, 0) is 43.5 Å². The number of rotatable bonds is 5. The number of benzene rings is 2. The molecule has 1 aromatic heterocycles. The number of hydrogen-bond acceptors (Lipinski definition) is 4. The zero-order chi connectivity index (χ0) is 17.2. The number of nitrogens with one attached hydrogen (secondary N) is 2. The molecule has 1 aliphatic rings. The van der Waals surface area contributed by atoms with Crippen molar-refractivity contribution in [2.24, 2.45) is 0 Å². The van der Waals surface area contributed by atoms with Gasteiger partial charge in [0.2, 0.25) is 5.95 Å². The Morgan fingerprint density at radius 1 is 1.00 bits per heavy atom. The van der Waals surface area contributed by atoms with E-state index in [9.17, 15) is 4.39 Å². The molecule has 2 N–H and O–H groups in total. The second kappa shape index (κ2) is 6.51. The Kier molecular flexibility index (Phi) is 4.06. The van der Waals surface area contributed by atoms with Crippen molar-refractivity contribution in [3.63, 3.8) is 0 Å². The Hall–Kier alpha value is -2.95. The second-order valence-electron chi connectivity index (χ2n) is 6.33. The average molecular weight is 334 g/mol. The summed E-state index contributed by atoms with van der Waals surface area (Å²) in [5.41, 5.74) is 3.54. The topological polar surface area (TPSA) is 49.8 Å². The molecular weight excluding hydrogens is 315 g/mol. The minimum absolute atomic E-state index is 0.244. The molecule has 25 heavy (non-hydrogen) atoms. The van der Waals surface area contributed by atoms with Crippen LogP contribution in [0.25, 0.3) is 11.3 Å². The van der Waals surface area contributed by atoms with Crippen molar-refractivity contribution in [2.75, 3.05) is 10.6 Å². The molecule has 126 valence electrons. The van der Waals surface area contributed by atoms with Crippen LogP contribution < -0.4 is 10.6 Å². The summed E-state index contributed by atoms with van der Waals surface area (Å²) in [5.74, 6) is 1.06. The highest BCUT2D eigenvalue weighted by Gasteiger charge is 2.22. The van der Waals surface area contributed by atoms with E-state index in [0.717, 1.165) is 35.3 Å². The Morgan fingerprint density at radius 2 is 1.80 bits per heavy atom. The van der Waals surface area contributed by atoms with E-state index in [2.05, 4.69) is 20.6 Å². The van der Waals surface area contributed by atoms with E-state index in [-0.39, 0.29) is 5.82 Å². The number of nitrogens with zero attached hydrogens (tertiary/aromatic N) is 2. The van der Waals surface area contributed by atoms with Gasteiger partial charge in [0, 0.05) is 23.4 Å². The molecule has 0 amide bonds. The highest BCUT2D eigenvalue weighted by molar-refractivity contribution is 5.68. The van der Waals surface area contributed by atoms with Gasteiger partial charge in [0.05, 0.1) is 5.69 Å². The van der Waals surface area contributed by atoms with Gasteiger partial charge < -0.3 is 10.6 Å². The quantitative estimate of drug-likeness (QED) is 0.696. The van der Waals surface area contributed by atoms with E-state index in [1.165, 1.54) is 12.1 Å². The monoisotopic (exact) mass is 334 g/mol. The van der Waals surface area contributed by atoms with E-state index >= 15 is 0 Å². The highest BCUT2D eigenvalue weighted by Crippen LogP contribution is 2.28. The molecule has 0 aliphatic heterocycles. The number of aromatic nitrogens is 2. The maximum absolute atomic E-state index is 13.3. The highest BCUT2D eigenvalue weighted by atomic mass is 19.1. The van der Waals surface area contributed by atoms with Crippen LogP contribution in [0, 0.1) is 12.7 Å². The smallest absolute Gasteiger partial charge is 0.225 e. The van der Waals surface area contributed by atoms with E-state index < -0.39 is 0 Å². The lowest BCUT2D eigenvalue weighted by atomic mass is 10.1. The molecule has 0 unspecified atom stereocenters. The third-order valence-electron chi connectivity index (χ3n) is 4.16. The molecule has 1 aliphatic carbocycles. The number of halogens is 1. The first-order valence-corrected chi connectivity index (χ1v) is 8.41. The van der Waals surface area contributed by atoms with Gasteiger partial charge in [-0.1, -0.05) is 30.3 Å². The molecule has 4 nitrogen and oxygen atoms in total. The summed E-state index contributed by atoms with van der Waals surface area (Å²) < 4.78 is 13.3. The lowest BCUT2D eigenvalue weighted by molar-refractivity contribution is 0.627. The van der Waals surface area contributed by atoms with E-state index in [1.807, 2.05) is 43.3 Å². The second-order valence-corrected chi connectivity index (χ2v) is 6.33. The normalized spacial score (nSPS) is 13.5. The van der Waals surface area contributed by atoms with Crippen molar-refractivity contribution in [3.05, 3.63) is 66.0 Å². The number of aryl methyl sites for hydroxylation is 1. The molecule has 0 bridgehead atoms. The van der Waals surface area contributed by atoms with Crippen LogP contribution in [0.4, 0.5) is 21.8 Å². The van der Waals surface area contributed by atoms with Crippen LogP contribution in [0.3, 0.4) is 0 Å². The Balaban J connectivity index is 1.70. The summed E-state index contributed by atoms with van der Waals surface area (Å²) >= 11 is 0. The largest absolute Gasteiger partial charge is 0.351 e. The standard InChI is InChI=1S/C20H19FN4/c1-13-11-15(21)7-10-17(13)23-19-12-18(14-5-3-2-4-6-14)24-20(25-19)22-16-8-9-16/h2-7,10-12,16H,8-9H2,1H3,(H2,22,23,24,25). The molecule has 0 saturated heterocycles. The lowest BCUT2D eigenvalue weighted by Gasteiger charge is -2.12. The lowest BCUT2D eigenvalue weighted by Crippen LogP contribution is -2.08. The van der Waals surface area contributed by atoms with Gasteiger partial charge in [0.15, 0.2) is 0 Å². The van der Waals surface area contributed by atoms with Crippen molar-refractivity contribution < 1.29 is 4.39 Å². The van der Waals surface area contributed by atoms with Crippen molar-refractivity contribution in [3.8, 4) is 11.3 Å². The molecule has 4 rings (SSSR count). The molecule has 0 radical (unpaired) electrons. The number of anilines is 3. The van der Waals surface area contributed by atoms with E-state index in [0.29, 0.717) is 17.8 Å². The van der Waals surface area contributed by atoms with Crippen LogP contribution >= 0.6 is 0 Å². The zero-order valence-electron chi connectivity index (χ0n) is 14.0. The summed E-state index contributed by atoms with van der Waals surface area (Å²) in [4.78, 5) is 9.21. The summed E-state index contributed by atoms with van der Waals surface area (Å²) in [6, 6.07) is 17.1. The van der Waals surface area contributed by atoms with Gasteiger partial charge in [-0.25, -0.2) is 9.37 Å². The SMILES string of the molecule is Cc1cc(F)ccc1Nc1cc(-c2ccccc2)nc(NC2CC2)n1. The van der Waals surface area contributed by atoms with Crippen molar-refractivity contribution >= 4 is 17.5 Å². The predicted octanol–water partition coefficient (Wildman–Crippen LogP) is 4.91. The molecule has 1 saturated carbocycles. The summed E-state index contributed by atoms with van der Waals surface area (Å²) in [7, 11) is 0. The molecule has 2 aromatic carbocycles. The Labute approximate surface area is 146 Å². The Morgan fingerprint density at radius 3 is 2.52 bits per heavy atom. The van der Waals surface area contributed by atoms with E-state index in [1.54, 1.807) is 6.07 Å². The zero-order valence-corrected chi connectivity index (χ0v) is 14.0. The third kappa shape index (κ3) is 3.76. The minimum atomic E-state index is -0.244. The molecule has 1 fully saturated rings. The van der Waals surface area contributed by atoms with Crippen LogP contribution in [-0.2, 0) is 0 Å². The van der Waals surface area contributed by atoms with Gasteiger partial charge in [-0.3, -0.25) is 0 Å².